The van der Waals surface area contributed by atoms with Crippen molar-refractivity contribution in [2.45, 2.75) is 38.1 Å². The van der Waals surface area contributed by atoms with Gasteiger partial charge in [-0.25, -0.2) is 9.99 Å². The second-order valence-corrected chi connectivity index (χ2v) is 9.93. The molecule has 1 saturated heterocycles. The highest BCUT2D eigenvalue weighted by Gasteiger charge is 2.47. The van der Waals surface area contributed by atoms with E-state index in [0.717, 1.165) is 35.6 Å². The molecule has 5 nitrogen and oxygen atoms in total. The molecule has 1 aromatic heterocycles. The zero-order chi connectivity index (χ0) is 21.8. The van der Waals surface area contributed by atoms with Crippen molar-refractivity contribution >= 4 is 27.7 Å². The predicted octanol–water partition coefficient (Wildman–Crippen LogP) is 5.47. The van der Waals surface area contributed by atoms with Gasteiger partial charge in [-0.3, -0.25) is 5.01 Å². The number of aryl methyl sites for hydroxylation is 1. The SMILES string of the molecule is C=C1CN(N2[C]=C(c3cccc(C)c3)SC2C)C(C)(c2nc3cc(OC)ccc3[nH]2)C1. The Kier molecular flexibility index (Phi) is 4.87. The molecule has 1 radical (unpaired) electrons. The summed E-state index contributed by atoms with van der Waals surface area (Å²) in [6, 6.07) is 14.6. The Bertz CT molecular complexity index is 1200. The van der Waals surface area contributed by atoms with Crippen LogP contribution < -0.4 is 4.74 Å². The van der Waals surface area contributed by atoms with E-state index in [0.29, 0.717) is 0 Å². The van der Waals surface area contributed by atoms with Gasteiger partial charge in [0.25, 0.3) is 0 Å². The fourth-order valence-corrected chi connectivity index (χ4v) is 5.54. The number of methoxy groups -OCH3 is 1. The first-order valence-electron chi connectivity index (χ1n) is 10.5. The number of ether oxygens (including phenoxy) is 1. The Morgan fingerprint density at radius 3 is 2.90 bits per heavy atom. The normalized spacial score (nSPS) is 24.3. The molecule has 2 aromatic carbocycles. The second kappa shape index (κ2) is 7.46. The van der Waals surface area contributed by atoms with Crippen molar-refractivity contribution in [1.82, 2.24) is 20.0 Å². The summed E-state index contributed by atoms with van der Waals surface area (Å²) in [7, 11) is 1.68. The molecule has 2 aliphatic rings. The second-order valence-electron chi connectivity index (χ2n) is 8.60. The molecule has 0 aliphatic carbocycles. The summed E-state index contributed by atoms with van der Waals surface area (Å²) >= 11 is 1.84. The number of nitrogens with zero attached hydrogens (tertiary/aromatic N) is 3. The number of rotatable bonds is 4. The van der Waals surface area contributed by atoms with Crippen molar-refractivity contribution < 1.29 is 4.74 Å². The first-order chi connectivity index (χ1) is 14.9. The Balaban J connectivity index is 1.53. The third-order valence-electron chi connectivity index (χ3n) is 6.13. The Hall–Kier alpha value is -2.70. The third kappa shape index (κ3) is 3.44. The fraction of sp³-hybridized carbons (Fsp3) is 0.320. The first-order valence-corrected chi connectivity index (χ1v) is 11.4. The van der Waals surface area contributed by atoms with Crippen LogP contribution in [-0.2, 0) is 5.54 Å². The maximum Gasteiger partial charge on any atom is 0.129 e. The lowest BCUT2D eigenvalue weighted by molar-refractivity contribution is -0.0552. The van der Waals surface area contributed by atoms with Crippen LogP contribution in [0.1, 0.15) is 37.2 Å². The lowest BCUT2D eigenvalue weighted by Crippen LogP contribution is -2.50. The first kappa shape index (κ1) is 20.2. The van der Waals surface area contributed by atoms with Gasteiger partial charge in [0.15, 0.2) is 0 Å². The number of benzene rings is 2. The number of imidazole rings is 1. The van der Waals surface area contributed by atoms with Crippen molar-refractivity contribution in [3.05, 3.63) is 77.8 Å². The summed E-state index contributed by atoms with van der Waals surface area (Å²) in [4.78, 5) is 9.68. The molecule has 2 atom stereocenters. The number of hydrazine groups is 1. The number of hydrogen-bond donors (Lipinski definition) is 1. The summed E-state index contributed by atoms with van der Waals surface area (Å²) in [6.45, 7) is 11.7. The van der Waals surface area contributed by atoms with E-state index in [9.17, 15) is 0 Å². The molecular weight excluding hydrogens is 404 g/mol. The Labute approximate surface area is 187 Å². The van der Waals surface area contributed by atoms with Gasteiger partial charge in [0, 0.05) is 17.5 Å². The molecule has 0 spiro atoms. The lowest BCUT2D eigenvalue weighted by atomic mass is 9.97. The van der Waals surface area contributed by atoms with Crippen molar-refractivity contribution in [2.24, 2.45) is 0 Å². The average Bonchev–Trinajstić information content (AvgIpc) is 3.42. The zero-order valence-electron chi connectivity index (χ0n) is 18.4. The van der Waals surface area contributed by atoms with Gasteiger partial charge < -0.3 is 9.72 Å². The van der Waals surface area contributed by atoms with Gasteiger partial charge in [-0.15, -0.1) is 0 Å². The minimum Gasteiger partial charge on any atom is -0.497 e. The number of aromatic amines is 1. The smallest absolute Gasteiger partial charge is 0.129 e. The maximum atomic E-state index is 5.38. The number of nitrogens with one attached hydrogen (secondary N) is 1. The fourth-order valence-electron chi connectivity index (χ4n) is 4.53. The number of fused-ring (bicyclic) bond motifs is 1. The van der Waals surface area contributed by atoms with Crippen molar-refractivity contribution in [2.75, 3.05) is 13.7 Å². The molecule has 2 unspecified atom stereocenters. The lowest BCUT2D eigenvalue weighted by Gasteiger charge is -2.40. The summed E-state index contributed by atoms with van der Waals surface area (Å²) in [5.41, 5.74) is 5.27. The van der Waals surface area contributed by atoms with Crippen LogP contribution in [0.3, 0.4) is 0 Å². The highest BCUT2D eigenvalue weighted by atomic mass is 32.2. The summed E-state index contributed by atoms with van der Waals surface area (Å²) < 4.78 is 5.38. The molecule has 0 saturated carbocycles. The molecule has 159 valence electrons. The van der Waals surface area contributed by atoms with Gasteiger partial charge in [-0.05, 0) is 44.9 Å². The highest BCUT2D eigenvalue weighted by molar-refractivity contribution is 8.09. The average molecular weight is 432 g/mol. The molecule has 3 heterocycles. The van der Waals surface area contributed by atoms with E-state index >= 15 is 0 Å². The molecule has 2 aliphatic heterocycles. The highest BCUT2D eigenvalue weighted by Crippen LogP contribution is 2.47. The van der Waals surface area contributed by atoms with E-state index in [-0.39, 0.29) is 10.9 Å². The molecule has 3 aromatic rings. The van der Waals surface area contributed by atoms with Crippen molar-refractivity contribution in [3.8, 4) is 5.75 Å². The van der Waals surface area contributed by atoms with Crippen LogP contribution in [0.4, 0.5) is 0 Å². The Morgan fingerprint density at radius 2 is 2.13 bits per heavy atom. The Morgan fingerprint density at radius 1 is 1.29 bits per heavy atom. The molecule has 1 N–H and O–H groups in total. The van der Waals surface area contributed by atoms with E-state index in [1.165, 1.54) is 21.6 Å². The van der Waals surface area contributed by atoms with Crippen LogP contribution in [0.15, 0.2) is 54.6 Å². The van der Waals surface area contributed by atoms with Gasteiger partial charge in [-0.1, -0.05) is 53.7 Å². The monoisotopic (exact) mass is 431 g/mol. The van der Waals surface area contributed by atoms with E-state index in [2.05, 4.69) is 72.8 Å². The van der Waals surface area contributed by atoms with Gasteiger partial charge >= 0.3 is 0 Å². The maximum absolute atomic E-state index is 5.38. The molecule has 1 fully saturated rings. The van der Waals surface area contributed by atoms with Crippen LogP contribution in [0.25, 0.3) is 15.9 Å². The number of aromatic nitrogens is 2. The number of hydrogen-bond acceptors (Lipinski definition) is 5. The predicted molar refractivity (Wildman–Crippen MR) is 127 cm³/mol. The van der Waals surface area contributed by atoms with Gasteiger partial charge in [0.05, 0.1) is 35.3 Å². The van der Waals surface area contributed by atoms with Crippen LogP contribution >= 0.6 is 11.8 Å². The summed E-state index contributed by atoms with van der Waals surface area (Å²) in [5.74, 6) is 1.75. The van der Waals surface area contributed by atoms with E-state index in [1.807, 2.05) is 30.0 Å². The van der Waals surface area contributed by atoms with Gasteiger partial charge in [-0.2, -0.15) is 0 Å². The minimum atomic E-state index is -0.326. The zero-order valence-corrected chi connectivity index (χ0v) is 19.2. The standard InChI is InChI=1S/C25H27N4OS/c1-16-7-6-8-19(11-16)23-15-28(18(3)31-23)29-14-17(2)13-25(29,4)24-26-21-10-9-20(30-5)12-22(21)27-24/h6-12,18H,2,13-14H2,1,3-5H3,(H,26,27). The van der Waals surface area contributed by atoms with Crippen molar-refractivity contribution in [3.63, 3.8) is 0 Å². The van der Waals surface area contributed by atoms with Gasteiger partial charge in [0.1, 0.15) is 11.6 Å². The number of thioether (sulfide) groups is 1. The molecular formula is C25H27N4OS. The molecule has 5 rings (SSSR count). The molecule has 0 amide bonds. The van der Waals surface area contributed by atoms with E-state index in [1.54, 1.807) is 7.11 Å². The summed E-state index contributed by atoms with van der Waals surface area (Å²) in [6.07, 6.45) is 4.51. The molecule has 31 heavy (non-hydrogen) atoms. The molecule has 0 bridgehead atoms. The molecule has 6 heteroatoms. The topological polar surface area (TPSA) is 44.4 Å². The quantitative estimate of drug-likeness (QED) is 0.555. The van der Waals surface area contributed by atoms with Crippen LogP contribution in [0, 0.1) is 13.1 Å². The van der Waals surface area contributed by atoms with E-state index in [4.69, 9.17) is 9.72 Å². The summed E-state index contributed by atoms with van der Waals surface area (Å²) in [5, 5.41) is 4.85. The largest absolute Gasteiger partial charge is 0.497 e. The van der Waals surface area contributed by atoms with Crippen LogP contribution in [0.5, 0.6) is 5.75 Å². The minimum absolute atomic E-state index is 0.241. The van der Waals surface area contributed by atoms with E-state index < -0.39 is 0 Å². The van der Waals surface area contributed by atoms with Gasteiger partial charge in [0.2, 0.25) is 0 Å². The van der Waals surface area contributed by atoms with Crippen LogP contribution in [0.2, 0.25) is 0 Å². The number of H-pyrrole nitrogens is 1. The van der Waals surface area contributed by atoms with Crippen molar-refractivity contribution in [1.29, 1.82) is 0 Å². The third-order valence-corrected chi connectivity index (χ3v) is 7.23. The van der Waals surface area contributed by atoms with Crippen LogP contribution in [-0.4, -0.2) is 39.0 Å².